The van der Waals surface area contributed by atoms with Crippen LogP contribution in [-0.4, -0.2) is 16.1 Å². The molecule has 106 valence electrons. The van der Waals surface area contributed by atoms with E-state index >= 15 is 0 Å². The second-order valence-corrected chi connectivity index (χ2v) is 4.75. The fourth-order valence-electron chi connectivity index (χ4n) is 2.16. The second kappa shape index (κ2) is 5.76. The molecule has 2 aromatic heterocycles. The van der Waals surface area contributed by atoms with E-state index in [0.29, 0.717) is 12.1 Å². The summed E-state index contributed by atoms with van der Waals surface area (Å²) in [4.78, 5) is 14.9. The molecule has 0 fully saturated rings. The van der Waals surface area contributed by atoms with Crippen molar-refractivity contribution in [2.45, 2.75) is 13.1 Å². The number of aromatic carboxylic acids is 1. The topological polar surface area (TPSA) is 75.4 Å². The second-order valence-electron chi connectivity index (χ2n) is 4.75. The van der Waals surface area contributed by atoms with E-state index in [2.05, 4.69) is 10.3 Å². The van der Waals surface area contributed by atoms with Crippen LogP contribution in [0.15, 0.2) is 53.2 Å². The number of benzene rings is 1. The number of furan rings is 1. The minimum absolute atomic E-state index is 0.0366. The fourth-order valence-corrected chi connectivity index (χ4v) is 2.16. The molecule has 2 heterocycles. The minimum Gasteiger partial charge on any atom is -0.475 e. The number of carboxylic acids is 1. The maximum atomic E-state index is 10.9. The van der Waals surface area contributed by atoms with E-state index in [0.717, 1.165) is 23.1 Å². The van der Waals surface area contributed by atoms with E-state index in [9.17, 15) is 4.79 Å². The van der Waals surface area contributed by atoms with Crippen LogP contribution in [0.3, 0.4) is 0 Å². The SMILES string of the molecule is O=C(O)c1cc2cc(CNCc3cccnc3)ccc2o1. The lowest BCUT2D eigenvalue weighted by atomic mass is 10.1. The zero-order valence-electron chi connectivity index (χ0n) is 11.2. The summed E-state index contributed by atoms with van der Waals surface area (Å²) in [6.07, 6.45) is 3.57. The highest BCUT2D eigenvalue weighted by atomic mass is 16.4. The van der Waals surface area contributed by atoms with Crippen molar-refractivity contribution in [1.82, 2.24) is 10.3 Å². The van der Waals surface area contributed by atoms with E-state index in [1.807, 2.05) is 30.5 Å². The van der Waals surface area contributed by atoms with Crippen molar-refractivity contribution in [3.8, 4) is 0 Å². The molecule has 0 aliphatic rings. The number of carboxylic acid groups (broad SMARTS) is 1. The number of pyridine rings is 1. The van der Waals surface area contributed by atoms with Crippen LogP contribution in [0.2, 0.25) is 0 Å². The van der Waals surface area contributed by atoms with Gasteiger partial charge in [-0.1, -0.05) is 12.1 Å². The van der Waals surface area contributed by atoms with Gasteiger partial charge in [-0.25, -0.2) is 4.79 Å². The van der Waals surface area contributed by atoms with Crippen molar-refractivity contribution in [3.63, 3.8) is 0 Å². The molecule has 0 aliphatic carbocycles. The summed E-state index contributed by atoms with van der Waals surface area (Å²) in [6.45, 7) is 1.43. The van der Waals surface area contributed by atoms with Crippen LogP contribution >= 0.6 is 0 Å². The lowest BCUT2D eigenvalue weighted by Crippen LogP contribution is -2.12. The first-order chi connectivity index (χ1) is 10.2. The molecule has 0 spiro atoms. The summed E-state index contributed by atoms with van der Waals surface area (Å²) < 4.78 is 5.23. The van der Waals surface area contributed by atoms with Gasteiger partial charge in [0.1, 0.15) is 5.58 Å². The first-order valence-electron chi connectivity index (χ1n) is 6.58. The van der Waals surface area contributed by atoms with Crippen LogP contribution in [0, 0.1) is 0 Å². The number of carbonyl (C=O) groups is 1. The maximum absolute atomic E-state index is 10.9. The van der Waals surface area contributed by atoms with Gasteiger partial charge in [-0.3, -0.25) is 4.98 Å². The zero-order valence-corrected chi connectivity index (χ0v) is 11.2. The molecule has 0 amide bonds. The summed E-state index contributed by atoms with van der Waals surface area (Å²) in [5, 5.41) is 13.0. The Labute approximate surface area is 121 Å². The lowest BCUT2D eigenvalue weighted by Gasteiger charge is -2.04. The number of fused-ring (bicyclic) bond motifs is 1. The van der Waals surface area contributed by atoms with Gasteiger partial charge in [-0.2, -0.15) is 0 Å². The molecule has 0 atom stereocenters. The highest BCUT2D eigenvalue weighted by molar-refractivity contribution is 5.91. The summed E-state index contributed by atoms with van der Waals surface area (Å²) in [7, 11) is 0. The standard InChI is InChI=1S/C16H14N2O3/c19-16(20)15-7-13-6-11(3-4-14(13)21-15)8-18-10-12-2-1-5-17-9-12/h1-7,9,18H,8,10H2,(H,19,20). The van der Waals surface area contributed by atoms with Gasteiger partial charge in [0, 0.05) is 30.9 Å². The van der Waals surface area contributed by atoms with Gasteiger partial charge in [-0.15, -0.1) is 0 Å². The Hall–Kier alpha value is -2.66. The molecule has 0 saturated heterocycles. The van der Waals surface area contributed by atoms with E-state index < -0.39 is 5.97 Å². The van der Waals surface area contributed by atoms with Crippen molar-refractivity contribution >= 4 is 16.9 Å². The zero-order chi connectivity index (χ0) is 14.7. The first kappa shape index (κ1) is 13.3. The molecule has 0 saturated carbocycles. The Morgan fingerprint density at radius 1 is 1.19 bits per heavy atom. The predicted octanol–water partition coefficient (Wildman–Crippen LogP) is 2.82. The van der Waals surface area contributed by atoms with Gasteiger partial charge < -0.3 is 14.8 Å². The third kappa shape index (κ3) is 3.09. The Morgan fingerprint density at radius 3 is 2.81 bits per heavy atom. The maximum Gasteiger partial charge on any atom is 0.371 e. The van der Waals surface area contributed by atoms with Crippen molar-refractivity contribution in [1.29, 1.82) is 0 Å². The van der Waals surface area contributed by atoms with E-state index in [1.165, 1.54) is 0 Å². The lowest BCUT2D eigenvalue weighted by molar-refractivity contribution is 0.0665. The smallest absolute Gasteiger partial charge is 0.371 e. The van der Waals surface area contributed by atoms with Gasteiger partial charge in [0.05, 0.1) is 0 Å². The Balaban J connectivity index is 1.68. The number of aromatic nitrogens is 1. The fraction of sp³-hybridized carbons (Fsp3) is 0.125. The monoisotopic (exact) mass is 282 g/mol. The molecule has 3 aromatic rings. The van der Waals surface area contributed by atoms with Crippen LogP contribution in [0.4, 0.5) is 0 Å². The molecular weight excluding hydrogens is 268 g/mol. The van der Waals surface area contributed by atoms with E-state index in [1.54, 1.807) is 18.3 Å². The Kier molecular flexibility index (Phi) is 3.66. The minimum atomic E-state index is -1.05. The highest BCUT2D eigenvalue weighted by Gasteiger charge is 2.10. The average Bonchev–Trinajstić information content (AvgIpc) is 2.92. The van der Waals surface area contributed by atoms with Crippen molar-refractivity contribution in [2.24, 2.45) is 0 Å². The largest absolute Gasteiger partial charge is 0.475 e. The molecule has 0 unspecified atom stereocenters. The third-order valence-corrected chi connectivity index (χ3v) is 3.17. The molecule has 21 heavy (non-hydrogen) atoms. The van der Waals surface area contributed by atoms with Crippen LogP contribution in [0.5, 0.6) is 0 Å². The molecule has 5 nitrogen and oxygen atoms in total. The summed E-state index contributed by atoms with van der Waals surface area (Å²) in [5.74, 6) is -1.09. The predicted molar refractivity (Wildman–Crippen MR) is 78.0 cm³/mol. The van der Waals surface area contributed by atoms with Gasteiger partial charge in [-0.05, 0) is 35.4 Å². The highest BCUT2D eigenvalue weighted by Crippen LogP contribution is 2.20. The van der Waals surface area contributed by atoms with Crippen LogP contribution < -0.4 is 5.32 Å². The normalized spacial score (nSPS) is 10.9. The van der Waals surface area contributed by atoms with Gasteiger partial charge >= 0.3 is 5.97 Å². The molecule has 1 aromatic carbocycles. The molecule has 0 bridgehead atoms. The molecule has 0 radical (unpaired) electrons. The Bertz CT molecular complexity index is 766. The van der Waals surface area contributed by atoms with Gasteiger partial charge in [0.15, 0.2) is 0 Å². The van der Waals surface area contributed by atoms with Crippen LogP contribution in [0.25, 0.3) is 11.0 Å². The summed E-state index contributed by atoms with van der Waals surface area (Å²) in [6, 6.07) is 11.1. The quantitative estimate of drug-likeness (QED) is 0.752. The summed E-state index contributed by atoms with van der Waals surface area (Å²) >= 11 is 0. The van der Waals surface area contributed by atoms with Crippen LogP contribution in [-0.2, 0) is 13.1 Å². The summed E-state index contributed by atoms with van der Waals surface area (Å²) in [5.41, 5.74) is 2.78. The van der Waals surface area contributed by atoms with Gasteiger partial charge in [0.2, 0.25) is 5.76 Å². The first-order valence-corrected chi connectivity index (χ1v) is 6.58. The van der Waals surface area contributed by atoms with Crippen molar-refractivity contribution in [2.75, 3.05) is 0 Å². The number of hydrogen-bond donors (Lipinski definition) is 2. The van der Waals surface area contributed by atoms with E-state index in [4.69, 9.17) is 9.52 Å². The van der Waals surface area contributed by atoms with Crippen molar-refractivity contribution < 1.29 is 14.3 Å². The molecular formula is C16H14N2O3. The molecule has 2 N–H and O–H groups in total. The molecule has 5 heteroatoms. The third-order valence-electron chi connectivity index (χ3n) is 3.17. The molecule has 0 aliphatic heterocycles. The average molecular weight is 282 g/mol. The molecule has 3 rings (SSSR count). The van der Waals surface area contributed by atoms with Crippen LogP contribution in [0.1, 0.15) is 21.7 Å². The Morgan fingerprint density at radius 2 is 2.05 bits per heavy atom. The van der Waals surface area contributed by atoms with E-state index in [-0.39, 0.29) is 5.76 Å². The number of nitrogens with one attached hydrogen (secondary N) is 1. The number of rotatable bonds is 5. The van der Waals surface area contributed by atoms with Crippen molar-refractivity contribution in [3.05, 3.63) is 65.7 Å². The number of nitrogens with zero attached hydrogens (tertiary/aromatic N) is 1. The number of hydrogen-bond acceptors (Lipinski definition) is 4. The van der Waals surface area contributed by atoms with Gasteiger partial charge in [0.25, 0.3) is 0 Å².